The van der Waals surface area contributed by atoms with Gasteiger partial charge in [-0.3, -0.25) is 4.99 Å². The molecule has 2 heteroatoms. The lowest BCUT2D eigenvalue weighted by molar-refractivity contribution is 0.306. The summed E-state index contributed by atoms with van der Waals surface area (Å²) in [7, 11) is 0. The summed E-state index contributed by atoms with van der Waals surface area (Å²) in [6.45, 7) is 4.70. The lowest BCUT2D eigenvalue weighted by atomic mass is 10.1. The zero-order valence-electron chi connectivity index (χ0n) is 14.1. The monoisotopic (exact) mass is 315 g/mol. The average Bonchev–Trinajstić information content (AvgIpc) is 2.61. The van der Waals surface area contributed by atoms with Crippen molar-refractivity contribution in [1.29, 1.82) is 0 Å². The van der Waals surface area contributed by atoms with Crippen LogP contribution in [0.4, 0.5) is 5.69 Å². The minimum atomic E-state index is 0.551. The fraction of sp³-hybridized carbons (Fsp3) is 0.136. The van der Waals surface area contributed by atoms with Crippen molar-refractivity contribution in [1.82, 2.24) is 0 Å². The third-order valence-electron chi connectivity index (χ3n) is 3.89. The molecule has 0 amide bonds. The summed E-state index contributed by atoms with van der Waals surface area (Å²) in [5.41, 5.74) is 5.53. The van der Waals surface area contributed by atoms with Crippen molar-refractivity contribution in [2.24, 2.45) is 4.99 Å². The van der Waals surface area contributed by atoms with Gasteiger partial charge in [-0.25, -0.2) is 0 Å². The third kappa shape index (κ3) is 4.11. The van der Waals surface area contributed by atoms with Crippen LogP contribution in [0, 0.1) is 13.8 Å². The number of aryl methyl sites for hydroxylation is 2. The van der Waals surface area contributed by atoms with Crippen LogP contribution in [0.25, 0.3) is 0 Å². The van der Waals surface area contributed by atoms with Crippen LogP contribution in [0.1, 0.15) is 22.3 Å². The van der Waals surface area contributed by atoms with Crippen LogP contribution < -0.4 is 4.74 Å². The van der Waals surface area contributed by atoms with Gasteiger partial charge in [0.2, 0.25) is 0 Å². The lowest BCUT2D eigenvalue weighted by Crippen LogP contribution is -1.98. The number of benzene rings is 3. The Balaban J connectivity index is 1.75. The van der Waals surface area contributed by atoms with Crippen LogP contribution in [0.2, 0.25) is 0 Å². The van der Waals surface area contributed by atoms with Crippen molar-refractivity contribution >= 4 is 11.9 Å². The zero-order valence-corrected chi connectivity index (χ0v) is 14.1. The quantitative estimate of drug-likeness (QED) is 0.559. The van der Waals surface area contributed by atoms with Gasteiger partial charge in [-0.2, -0.15) is 0 Å². The average molecular weight is 315 g/mol. The summed E-state index contributed by atoms with van der Waals surface area (Å²) in [5, 5.41) is 0. The molecule has 0 N–H and O–H groups in total. The van der Waals surface area contributed by atoms with Crippen molar-refractivity contribution < 1.29 is 4.74 Å². The van der Waals surface area contributed by atoms with Gasteiger partial charge in [0.1, 0.15) is 12.4 Å². The number of rotatable bonds is 5. The minimum absolute atomic E-state index is 0.551. The molecule has 0 saturated carbocycles. The SMILES string of the molecule is Cc1ccc(COc2ccccc2C=Nc2ccccc2C)cc1. The summed E-state index contributed by atoms with van der Waals surface area (Å²) in [4.78, 5) is 4.60. The normalized spacial score (nSPS) is 10.9. The predicted octanol–water partition coefficient (Wildman–Crippen LogP) is 5.63. The molecule has 0 heterocycles. The van der Waals surface area contributed by atoms with Crippen LogP contribution in [-0.2, 0) is 6.61 Å². The highest BCUT2D eigenvalue weighted by molar-refractivity contribution is 5.85. The molecule has 0 spiro atoms. The first-order valence-electron chi connectivity index (χ1n) is 8.09. The number of hydrogen-bond donors (Lipinski definition) is 0. The van der Waals surface area contributed by atoms with E-state index < -0.39 is 0 Å². The highest BCUT2D eigenvalue weighted by Crippen LogP contribution is 2.21. The molecule has 0 atom stereocenters. The molecule has 24 heavy (non-hydrogen) atoms. The van der Waals surface area contributed by atoms with Gasteiger partial charge in [-0.05, 0) is 43.2 Å². The largest absolute Gasteiger partial charge is 0.488 e. The number of para-hydroxylation sites is 2. The summed E-state index contributed by atoms with van der Waals surface area (Å²) >= 11 is 0. The second-order valence-electron chi connectivity index (χ2n) is 5.86. The minimum Gasteiger partial charge on any atom is -0.488 e. The van der Waals surface area contributed by atoms with Gasteiger partial charge in [0.15, 0.2) is 0 Å². The van der Waals surface area contributed by atoms with E-state index in [0.29, 0.717) is 6.61 Å². The highest BCUT2D eigenvalue weighted by atomic mass is 16.5. The number of aliphatic imine (C=N–C) groups is 1. The molecule has 2 nitrogen and oxygen atoms in total. The van der Waals surface area contributed by atoms with Gasteiger partial charge < -0.3 is 4.74 Å². The molecule has 3 rings (SSSR count). The maximum atomic E-state index is 5.99. The van der Waals surface area contributed by atoms with E-state index >= 15 is 0 Å². The van der Waals surface area contributed by atoms with E-state index in [0.717, 1.165) is 28.1 Å². The van der Waals surface area contributed by atoms with E-state index in [1.54, 1.807) is 0 Å². The van der Waals surface area contributed by atoms with Crippen molar-refractivity contribution in [3.05, 3.63) is 95.1 Å². The summed E-state index contributed by atoms with van der Waals surface area (Å²) in [5.74, 6) is 0.843. The predicted molar refractivity (Wildman–Crippen MR) is 100 cm³/mol. The molecular formula is C22H21NO. The molecule has 0 bridgehead atoms. The van der Waals surface area contributed by atoms with Crippen LogP contribution in [-0.4, -0.2) is 6.21 Å². The second-order valence-corrected chi connectivity index (χ2v) is 5.86. The van der Waals surface area contributed by atoms with Crippen LogP contribution >= 0.6 is 0 Å². The van der Waals surface area contributed by atoms with E-state index in [4.69, 9.17) is 4.74 Å². The highest BCUT2D eigenvalue weighted by Gasteiger charge is 2.02. The Bertz CT molecular complexity index is 835. The van der Waals surface area contributed by atoms with Crippen LogP contribution in [0.3, 0.4) is 0 Å². The Morgan fingerprint density at radius 1 is 0.833 bits per heavy atom. The summed E-state index contributed by atoms with van der Waals surface area (Å²) in [6.07, 6.45) is 1.87. The maximum absolute atomic E-state index is 5.99. The van der Waals surface area contributed by atoms with Crippen molar-refractivity contribution in [2.45, 2.75) is 20.5 Å². The number of hydrogen-bond acceptors (Lipinski definition) is 2. The van der Waals surface area contributed by atoms with Crippen molar-refractivity contribution in [3.8, 4) is 5.75 Å². The van der Waals surface area contributed by atoms with Crippen LogP contribution in [0.15, 0.2) is 77.8 Å². The molecule has 0 aromatic heterocycles. The fourth-order valence-electron chi connectivity index (χ4n) is 2.41. The van der Waals surface area contributed by atoms with E-state index in [-0.39, 0.29) is 0 Å². The lowest BCUT2D eigenvalue weighted by Gasteiger charge is -2.09. The molecule has 0 saturated heterocycles. The zero-order chi connectivity index (χ0) is 16.8. The van der Waals surface area contributed by atoms with E-state index in [2.05, 4.69) is 49.2 Å². The van der Waals surface area contributed by atoms with Gasteiger partial charge >= 0.3 is 0 Å². The standard InChI is InChI=1S/C22H21NO/c1-17-11-13-19(14-12-17)16-24-22-10-6-4-8-20(22)15-23-21-9-5-3-7-18(21)2/h3-15H,16H2,1-2H3. The van der Waals surface area contributed by atoms with Gasteiger partial charge in [-0.15, -0.1) is 0 Å². The molecular weight excluding hydrogens is 294 g/mol. The first-order chi connectivity index (χ1) is 11.7. The fourth-order valence-corrected chi connectivity index (χ4v) is 2.41. The molecule has 0 aliphatic heterocycles. The molecule has 0 aliphatic rings. The van der Waals surface area contributed by atoms with Gasteiger partial charge in [0.25, 0.3) is 0 Å². The summed E-state index contributed by atoms with van der Waals surface area (Å²) < 4.78 is 5.99. The third-order valence-corrected chi connectivity index (χ3v) is 3.89. The Morgan fingerprint density at radius 3 is 2.33 bits per heavy atom. The molecule has 0 aliphatic carbocycles. The Hall–Kier alpha value is -2.87. The van der Waals surface area contributed by atoms with E-state index in [1.165, 1.54) is 5.56 Å². The Morgan fingerprint density at radius 2 is 1.54 bits per heavy atom. The Labute approximate surface area is 143 Å². The van der Waals surface area contributed by atoms with Crippen LogP contribution in [0.5, 0.6) is 5.75 Å². The molecule has 3 aromatic carbocycles. The van der Waals surface area contributed by atoms with Crippen molar-refractivity contribution in [3.63, 3.8) is 0 Å². The molecule has 0 radical (unpaired) electrons. The smallest absolute Gasteiger partial charge is 0.128 e. The molecule has 120 valence electrons. The Kier molecular flexibility index (Phi) is 5.07. The van der Waals surface area contributed by atoms with Crippen molar-refractivity contribution in [2.75, 3.05) is 0 Å². The maximum Gasteiger partial charge on any atom is 0.128 e. The second kappa shape index (κ2) is 7.60. The first-order valence-corrected chi connectivity index (χ1v) is 8.09. The van der Waals surface area contributed by atoms with Gasteiger partial charge in [0.05, 0.1) is 5.69 Å². The van der Waals surface area contributed by atoms with Gasteiger partial charge in [-0.1, -0.05) is 60.2 Å². The van der Waals surface area contributed by atoms with E-state index in [1.807, 2.05) is 48.7 Å². The number of nitrogens with zero attached hydrogens (tertiary/aromatic N) is 1. The topological polar surface area (TPSA) is 21.6 Å². The molecule has 0 unspecified atom stereocenters. The summed E-state index contributed by atoms with van der Waals surface area (Å²) in [6, 6.07) is 24.5. The molecule has 0 fully saturated rings. The van der Waals surface area contributed by atoms with E-state index in [9.17, 15) is 0 Å². The van der Waals surface area contributed by atoms with Gasteiger partial charge in [0, 0.05) is 11.8 Å². The number of ether oxygens (including phenoxy) is 1. The first kappa shape index (κ1) is 16.0. The molecule has 3 aromatic rings.